The molecule has 2 heteroatoms. The lowest BCUT2D eigenvalue weighted by molar-refractivity contribution is -0.00242. The van der Waals surface area contributed by atoms with Crippen molar-refractivity contribution in [1.29, 1.82) is 0 Å². The Morgan fingerprint density at radius 3 is 2.89 bits per heavy atom. The summed E-state index contributed by atoms with van der Waals surface area (Å²) in [5.74, 6) is 0.263. The lowest BCUT2D eigenvalue weighted by atomic mass is 9.96. The smallest absolute Gasteiger partial charge is 0.126 e. The van der Waals surface area contributed by atoms with Crippen molar-refractivity contribution < 1.29 is 9.13 Å². The molecule has 0 aromatic rings. The Morgan fingerprint density at radius 1 is 1.67 bits per heavy atom. The summed E-state index contributed by atoms with van der Waals surface area (Å²) in [5.41, 5.74) is 0. The van der Waals surface area contributed by atoms with Crippen LogP contribution in [0.1, 0.15) is 19.8 Å². The van der Waals surface area contributed by atoms with E-state index in [4.69, 9.17) is 4.74 Å². The Hall–Kier alpha value is -0.110. The molecule has 0 aliphatic carbocycles. The summed E-state index contributed by atoms with van der Waals surface area (Å²) in [6.07, 6.45) is 1.14. The van der Waals surface area contributed by atoms with Gasteiger partial charge >= 0.3 is 0 Å². The molecule has 1 aliphatic rings. The summed E-state index contributed by atoms with van der Waals surface area (Å²) in [4.78, 5) is 0. The van der Waals surface area contributed by atoms with Gasteiger partial charge in [0.05, 0.1) is 6.61 Å². The standard InChI is InChI=1S/C7H13FO/c1-2-6-3-4-9-5-7(6)8/h6-7H,2-5H2,1H3/t6-,7-/m0/s1. The molecule has 0 bridgehead atoms. The zero-order valence-corrected chi connectivity index (χ0v) is 5.77. The summed E-state index contributed by atoms with van der Waals surface area (Å²) in [7, 11) is 0. The van der Waals surface area contributed by atoms with Crippen molar-refractivity contribution >= 4 is 0 Å². The van der Waals surface area contributed by atoms with E-state index in [1.807, 2.05) is 6.92 Å². The maximum Gasteiger partial charge on any atom is 0.126 e. The average molecular weight is 132 g/mol. The van der Waals surface area contributed by atoms with E-state index in [2.05, 4.69) is 0 Å². The highest BCUT2D eigenvalue weighted by molar-refractivity contribution is 4.70. The third kappa shape index (κ3) is 1.65. The summed E-state index contributed by atoms with van der Waals surface area (Å²) in [6, 6.07) is 0. The van der Waals surface area contributed by atoms with Gasteiger partial charge in [-0.1, -0.05) is 13.3 Å². The van der Waals surface area contributed by atoms with E-state index >= 15 is 0 Å². The van der Waals surface area contributed by atoms with E-state index in [1.54, 1.807) is 0 Å². The predicted octanol–water partition coefficient (Wildman–Crippen LogP) is 1.77. The van der Waals surface area contributed by atoms with Crippen LogP contribution >= 0.6 is 0 Å². The van der Waals surface area contributed by atoms with Crippen LogP contribution in [0.5, 0.6) is 0 Å². The molecule has 1 heterocycles. The second-order valence-electron chi connectivity index (χ2n) is 2.55. The fourth-order valence-electron chi connectivity index (χ4n) is 1.21. The second kappa shape index (κ2) is 3.16. The summed E-state index contributed by atoms with van der Waals surface area (Å²) < 4.78 is 17.7. The van der Waals surface area contributed by atoms with Crippen LogP contribution in [-0.4, -0.2) is 19.4 Å². The molecule has 0 amide bonds. The van der Waals surface area contributed by atoms with Gasteiger partial charge in [0.1, 0.15) is 6.17 Å². The molecule has 1 aliphatic heterocycles. The van der Waals surface area contributed by atoms with Gasteiger partial charge in [-0.2, -0.15) is 0 Å². The fourth-order valence-corrected chi connectivity index (χ4v) is 1.21. The minimum Gasteiger partial charge on any atom is -0.378 e. The second-order valence-corrected chi connectivity index (χ2v) is 2.55. The van der Waals surface area contributed by atoms with E-state index in [1.165, 1.54) is 0 Å². The number of hydrogen-bond donors (Lipinski definition) is 0. The maximum absolute atomic E-state index is 12.7. The van der Waals surface area contributed by atoms with E-state index in [9.17, 15) is 4.39 Å². The molecule has 0 aromatic heterocycles. The van der Waals surface area contributed by atoms with Gasteiger partial charge in [0.15, 0.2) is 0 Å². The van der Waals surface area contributed by atoms with Gasteiger partial charge in [-0.05, 0) is 12.3 Å². The molecule has 0 radical (unpaired) electrons. The number of hydrogen-bond acceptors (Lipinski definition) is 1. The molecule has 1 nitrogen and oxygen atoms in total. The van der Waals surface area contributed by atoms with Crippen molar-refractivity contribution in [3.05, 3.63) is 0 Å². The van der Waals surface area contributed by atoms with Gasteiger partial charge < -0.3 is 4.74 Å². The lowest BCUT2D eigenvalue weighted by Crippen LogP contribution is -2.28. The van der Waals surface area contributed by atoms with Crippen LogP contribution in [0.4, 0.5) is 4.39 Å². The fraction of sp³-hybridized carbons (Fsp3) is 1.00. The molecule has 1 saturated heterocycles. The maximum atomic E-state index is 12.7. The first-order chi connectivity index (χ1) is 4.34. The van der Waals surface area contributed by atoms with Crippen molar-refractivity contribution in [3.63, 3.8) is 0 Å². The molecular formula is C7H13FO. The van der Waals surface area contributed by atoms with Crippen LogP contribution in [0.3, 0.4) is 0 Å². The summed E-state index contributed by atoms with van der Waals surface area (Å²) in [6.45, 7) is 3.10. The van der Waals surface area contributed by atoms with Gasteiger partial charge in [-0.15, -0.1) is 0 Å². The Balaban J connectivity index is 2.30. The minimum atomic E-state index is -0.705. The quantitative estimate of drug-likeness (QED) is 0.528. The highest BCUT2D eigenvalue weighted by Crippen LogP contribution is 2.20. The van der Waals surface area contributed by atoms with Crippen molar-refractivity contribution in [2.24, 2.45) is 5.92 Å². The summed E-state index contributed by atoms with van der Waals surface area (Å²) in [5, 5.41) is 0. The first-order valence-electron chi connectivity index (χ1n) is 3.56. The van der Waals surface area contributed by atoms with E-state index in [0.717, 1.165) is 19.4 Å². The molecule has 2 atom stereocenters. The molecule has 1 rings (SSSR count). The summed E-state index contributed by atoms with van der Waals surface area (Å²) >= 11 is 0. The van der Waals surface area contributed by atoms with Crippen LogP contribution in [0.15, 0.2) is 0 Å². The first-order valence-corrected chi connectivity index (χ1v) is 3.56. The topological polar surface area (TPSA) is 9.23 Å². The normalized spacial score (nSPS) is 36.7. The molecule has 0 unspecified atom stereocenters. The van der Waals surface area contributed by atoms with Gasteiger partial charge in [-0.3, -0.25) is 0 Å². The average Bonchev–Trinajstić information content (AvgIpc) is 1.89. The molecule has 54 valence electrons. The lowest BCUT2D eigenvalue weighted by Gasteiger charge is -2.24. The highest BCUT2D eigenvalue weighted by Gasteiger charge is 2.22. The van der Waals surface area contributed by atoms with Crippen molar-refractivity contribution in [3.8, 4) is 0 Å². The van der Waals surface area contributed by atoms with Gasteiger partial charge in [-0.25, -0.2) is 4.39 Å². The van der Waals surface area contributed by atoms with Crippen LogP contribution in [0.25, 0.3) is 0 Å². The largest absolute Gasteiger partial charge is 0.378 e. The van der Waals surface area contributed by atoms with Crippen LogP contribution in [0, 0.1) is 5.92 Å². The van der Waals surface area contributed by atoms with Crippen molar-refractivity contribution in [2.75, 3.05) is 13.2 Å². The van der Waals surface area contributed by atoms with Gasteiger partial charge in [0.2, 0.25) is 0 Å². The number of alkyl halides is 1. The Morgan fingerprint density at radius 2 is 2.44 bits per heavy atom. The third-order valence-electron chi connectivity index (χ3n) is 1.95. The molecule has 1 fully saturated rings. The minimum absolute atomic E-state index is 0.263. The van der Waals surface area contributed by atoms with Crippen molar-refractivity contribution in [1.82, 2.24) is 0 Å². The van der Waals surface area contributed by atoms with E-state index < -0.39 is 6.17 Å². The predicted molar refractivity (Wildman–Crippen MR) is 34.1 cm³/mol. The molecule has 0 N–H and O–H groups in total. The number of ether oxygens (including phenoxy) is 1. The number of rotatable bonds is 1. The molecule has 0 spiro atoms. The van der Waals surface area contributed by atoms with Gasteiger partial charge in [0.25, 0.3) is 0 Å². The SMILES string of the molecule is CC[C@H]1CCOC[C@@H]1F. The molecule has 9 heavy (non-hydrogen) atoms. The zero-order chi connectivity index (χ0) is 6.69. The van der Waals surface area contributed by atoms with Gasteiger partial charge in [0, 0.05) is 6.61 Å². The van der Waals surface area contributed by atoms with Crippen LogP contribution in [-0.2, 0) is 4.74 Å². The monoisotopic (exact) mass is 132 g/mol. The zero-order valence-electron chi connectivity index (χ0n) is 5.77. The highest BCUT2D eigenvalue weighted by atomic mass is 19.1. The van der Waals surface area contributed by atoms with E-state index in [0.29, 0.717) is 6.61 Å². The van der Waals surface area contributed by atoms with Crippen LogP contribution in [0.2, 0.25) is 0 Å². The molecule has 0 aromatic carbocycles. The van der Waals surface area contributed by atoms with Crippen LogP contribution < -0.4 is 0 Å². The number of halogens is 1. The molecular weight excluding hydrogens is 119 g/mol. The first kappa shape index (κ1) is 7.00. The Labute approximate surface area is 55.2 Å². The third-order valence-corrected chi connectivity index (χ3v) is 1.95. The van der Waals surface area contributed by atoms with Crippen molar-refractivity contribution in [2.45, 2.75) is 25.9 Å². The molecule has 0 saturated carbocycles. The Kier molecular flexibility index (Phi) is 2.46. The van der Waals surface area contributed by atoms with E-state index in [-0.39, 0.29) is 5.92 Å². The Bertz CT molecular complexity index is 85.0.